The van der Waals surface area contributed by atoms with Gasteiger partial charge in [0.25, 0.3) is 0 Å². The van der Waals surface area contributed by atoms with E-state index in [9.17, 15) is 0 Å². The van der Waals surface area contributed by atoms with Crippen molar-refractivity contribution in [2.24, 2.45) is 7.05 Å². The predicted octanol–water partition coefficient (Wildman–Crippen LogP) is 1.06. The summed E-state index contributed by atoms with van der Waals surface area (Å²) in [5.41, 5.74) is 3.30. The third-order valence-corrected chi connectivity index (χ3v) is 2.46. The molecule has 0 saturated heterocycles. The van der Waals surface area contributed by atoms with E-state index in [0.717, 1.165) is 28.1 Å². The zero-order chi connectivity index (χ0) is 11.1. The van der Waals surface area contributed by atoms with E-state index in [1.807, 2.05) is 19.2 Å². The van der Waals surface area contributed by atoms with Gasteiger partial charge in [0, 0.05) is 18.6 Å². The Kier molecular flexibility index (Phi) is 1.76. The predicted molar refractivity (Wildman–Crippen MR) is 58.6 cm³/mol. The second-order valence-electron chi connectivity index (χ2n) is 3.59. The quantitative estimate of drug-likeness (QED) is 0.657. The first kappa shape index (κ1) is 9.02. The lowest BCUT2D eigenvalue weighted by atomic mass is 10.2. The monoisotopic (exact) mass is 214 g/mol. The van der Waals surface area contributed by atoms with Crippen LogP contribution in [0, 0.1) is 6.92 Å². The fourth-order valence-electron chi connectivity index (χ4n) is 1.78. The molecular formula is C10H10N6. The standard InChI is InChI=1S/C10H10N6/c1-6-8(15-16(2)14-6)9-7-3-4-11-10(7)13-5-12-9/h3-5H,1-2H3,(H,11,12,13). The number of aromatic amines is 1. The van der Waals surface area contributed by atoms with E-state index in [4.69, 9.17) is 0 Å². The molecule has 0 aromatic carbocycles. The average molecular weight is 214 g/mol. The number of H-pyrrole nitrogens is 1. The Hall–Kier alpha value is -2.24. The fourth-order valence-corrected chi connectivity index (χ4v) is 1.78. The van der Waals surface area contributed by atoms with Gasteiger partial charge in [-0.1, -0.05) is 0 Å². The Labute approximate surface area is 91.3 Å². The van der Waals surface area contributed by atoms with Gasteiger partial charge in [0.15, 0.2) is 0 Å². The molecule has 0 bridgehead atoms. The van der Waals surface area contributed by atoms with Crippen molar-refractivity contribution in [2.45, 2.75) is 6.92 Å². The van der Waals surface area contributed by atoms with Gasteiger partial charge in [0.2, 0.25) is 0 Å². The molecule has 3 aromatic rings. The molecule has 0 radical (unpaired) electrons. The van der Waals surface area contributed by atoms with E-state index in [-0.39, 0.29) is 0 Å². The SMILES string of the molecule is Cc1nn(C)nc1-c1ncnc2[nH]ccc12. The third kappa shape index (κ3) is 1.19. The maximum Gasteiger partial charge on any atom is 0.141 e. The summed E-state index contributed by atoms with van der Waals surface area (Å²) >= 11 is 0. The summed E-state index contributed by atoms with van der Waals surface area (Å²) in [4.78, 5) is 13.0. The average Bonchev–Trinajstić information content (AvgIpc) is 2.84. The maximum atomic E-state index is 4.31. The topological polar surface area (TPSA) is 72.3 Å². The summed E-state index contributed by atoms with van der Waals surface area (Å²) in [6.07, 6.45) is 3.37. The zero-order valence-electron chi connectivity index (χ0n) is 8.97. The lowest BCUT2D eigenvalue weighted by Gasteiger charge is -1.97. The summed E-state index contributed by atoms with van der Waals surface area (Å²) in [6.45, 7) is 1.92. The number of hydrogen-bond donors (Lipinski definition) is 1. The Morgan fingerprint density at radius 2 is 2.06 bits per heavy atom. The molecule has 1 N–H and O–H groups in total. The molecule has 0 aliphatic carbocycles. The summed E-state index contributed by atoms with van der Waals surface area (Å²) < 4.78 is 0. The molecule has 16 heavy (non-hydrogen) atoms. The van der Waals surface area contributed by atoms with Crippen molar-refractivity contribution < 1.29 is 0 Å². The lowest BCUT2D eigenvalue weighted by molar-refractivity contribution is 0.650. The second-order valence-corrected chi connectivity index (χ2v) is 3.59. The highest BCUT2D eigenvalue weighted by Gasteiger charge is 2.13. The van der Waals surface area contributed by atoms with Crippen molar-refractivity contribution in [1.82, 2.24) is 29.9 Å². The van der Waals surface area contributed by atoms with Gasteiger partial charge < -0.3 is 4.98 Å². The second kappa shape index (κ2) is 3.13. The molecule has 0 aliphatic rings. The number of aryl methyl sites for hydroxylation is 2. The molecule has 0 unspecified atom stereocenters. The maximum absolute atomic E-state index is 4.31. The Morgan fingerprint density at radius 1 is 1.19 bits per heavy atom. The van der Waals surface area contributed by atoms with Crippen LogP contribution >= 0.6 is 0 Å². The van der Waals surface area contributed by atoms with Crippen LogP contribution in [-0.2, 0) is 7.05 Å². The fraction of sp³-hybridized carbons (Fsp3) is 0.200. The minimum absolute atomic E-state index is 0.800. The normalized spacial score (nSPS) is 11.1. The molecule has 6 heteroatoms. The lowest BCUT2D eigenvalue weighted by Crippen LogP contribution is -1.93. The highest BCUT2D eigenvalue weighted by molar-refractivity contribution is 5.89. The van der Waals surface area contributed by atoms with Crippen molar-refractivity contribution >= 4 is 11.0 Å². The van der Waals surface area contributed by atoms with Crippen LogP contribution in [0.1, 0.15) is 5.69 Å². The van der Waals surface area contributed by atoms with Gasteiger partial charge in [0.1, 0.15) is 23.4 Å². The number of fused-ring (bicyclic) bond motifs is 1. The van der Waals surface area contributed by atoms with E-state index >= 15 is 0 Å². The van der Waals surface area contributed by atoms with E-state index in [2.05, 4.69) is 25.1 Å². The summed E-state index contributed by atoms with van der Waals surface area (Å²) in [5, 5.41) is 9.49. The number of nitrogens with one attached hydrogen (secondary N) is 1. The van der Waals surface area contributed by atoms with Crippen molar-refractivity contribution in [3.63, 3.8) is 0 Å². The van der Waals surface area contributed by atoms with Crippen LogP contribution in [0.3, 0.4) is 0 Å². The highest BCUT2D eigenvalue weighted by Crippen LogP contribution is 2.24. The zero-order valence-corrected chi connectivity index (χ0v) is 8.97. The first-order valence-electron chi connectivity index (χ1n) is 4.92. The minimum Gasteiger partial charge on any atom is -0.346 e. The molecule has 3 aromatic heterocycles. The molecule has 0 saturated carbocycles. The summed E-state index contributed by atoms with van der Waals surface area (Å²) in [7, 11) is 1.80. The van der Waals surface area contributed by atoms with Crippen LogP contribution in [0.4, 0.5) is 0 Å². The van der Waals surface area contributed by atoms with Crippen molar-refractivity contribution in [1.29, 1.82) is 0 Å². The molecule has 0 aliphatic heterocycles. The van der Waals surface area contributed by atoms with Gasteiger partial charge in [0.05, 0.1) is 5.69 Å². The Balaban J connectivity index is 2.33. The van der Waals surface area contributed by atoms with E-state index in [1.165, 1.54) is 6.33 Å². The van der Waals surface area contributed by atoms with Crippen molar-refractivity contribution in [3.05, 3.63) is 24.3 Å². The third-order valence-electron chi connectivity index (χ3n) is 2.46. The molecule has 0 spiro atoms. The van der Waals surface area contributed by atoms with Crippen LogP contribution in [0.5, 0.6) is 0 Å². The minimum atomic E-state index is 0.800. The largest absolute Gasteiger partial charge is 0.346 e. The molecule has 0 fully saturated rings. The smallest absolute Gasteiger partial charge is 0.141 e. The highest BCUT2D eigenvalue weighted by atomic mass is 15.5. The molecule has 0 atom stereocenters. The van der Waals surface area contributed by atoms with Crippen molar-refractivity contribution in [3.8, 4) is 11.4 Å². The number of rotatable bonds is 1. The molecule has 80 valence electrons. The van der Waals surface area contributed by atoms with Crippen LogP contribution in [0.2, 0.25) is 0 Å². The van der Waals surface area contributed by atoms with E-state index < -0.39 is 0 Å². The van der Waals surface area contributed by atoms with Crippen LogP contribution in [0.15, 0.2) is 18.6 Å². The van der Waals surface area contributed by atoms with Crippen molar-refractivity contribution in [2.75, 3.05) is 0 Å². The number of nitrogens with zero attached hydrogens (tertiary/aromatic N) is 5. The summed E-state index contributed by atoms with van der Waals surface area (Å²) in [5.74, 6) is 0. The number of hydrogen-bond acceptors (Lipinski definition) is 4. The number of aromatic nitrogens is 6. The molecule has 3 heterocycles. The summed E-state index contributed by atoms with van der Waals surface area (Å²) in [6, 6.07) is 1.94. The Morgan fingerprint density at radius 3 is 2.81 bits per heavy atom. The van der Waals surface area contributed by atoms with Gasteiger partial charge in [-0.05, 0) is 13.0 Å². The van der Waals surface area contributed by atoms with Gasteiger partial charge in [-0.2, -0.15) is 15.0 Å². The van der Waals surface area contributed by atoms with Crippen LogP contribution in [0.25, 0.3) is 22.4 Å². The van der Waals surface area contributed by atoms with Gasteiger partial charge >= 0.3 is 0 Å². The molecule has 3 rings (SSSR count). The first-order valence-corrected chi connectivity index (χ1v) is 4.92. The van der Waals surface area contributed by atoms with E-state index in [0.29, 0.717) is 0 Å². The van der Waals surface area contributed by atoms with Gasteiger partial charge in [-0.15, -0.1) is 0 Å². The first-order chi connectivity index (χ1) is 7.75. The van der Waals surface area contributed by atoms with E-state index in [1.54, 1.807) is 11.8 Å². The molecule has 0 amide bonds. The van der Waals surface area contributed by atoms with Gasteiger partial charge in [-0.3, -0.25) is 0 Å². The van der Waals surface area contributed by atoms with Crippen LogP contribution in [-0.4, -0.2) is 29.9 Å². The Bertz CT molecular complexity index is 650. The van der Waals surface area contributed by atoms with Gasteiger partial charge in [-0.25, -0.2) is 9.97 Å². The molecular weight excluding hydrogens is 204 g/mol. The molecule has 6 nitrogen and oxygen atoms in total. The van der Waals surface area contributed by atoms with Crippen LogP contribution < -0.4 is 0 Å².